The van der Waals surface area contributed by atoms with Gasteiger partial charge in [-0.1, -0.05) is 6.07 Å². The number of carbonyl (C=O) groups excluding carboxylic acids is 2. The van der Waals surface area contributed by atoms with Crippen LogP contribution in [-0.4, -0.2) is 78.5 Å². The van der Waals surface area contributed by atoms with Crippen molar-refractivity contribution in [2.45, 2.75) is 71.5 Å². The highest BCUT2D eigenvalue weighted by Crippen LogP contribution is 2.28. The minimum atomic E-state index is -0.0587. The third kappa shape index (κ3) is 7.59. The lowest BCUT2D eigenvalue weighted by Gasteiger charge is -2.42. The molecule has 8 nitrogen and oxygen atoms in total. The second-order valence-electron chi connectivity index (χ2n) is 12.3. The van der Waals surface area contributed by atoms with Crippen molar-refractivity contribution in [1.82, 2.24) is 20.1 Å². The highest BCUT2D eigenvalue weighted by molar-refractivity contribution is 6.00. The standard InChI is InChI=1S/C36H47N5O3/c1-26-22-30(36(43)40-18-5-6-19-40)23-27(2)34(26)35(42)38-17-13-28(3)39-20-14-32(15-21-39)41(25-29-8-7-16-37-24-29)31-9-11-33(44-4)12-10-31/h7-12,16,22-24,28,32H,5-6,13-15,17-21,25H2,1-4H3,(H,38,42). The van der Waals surface area contributed by atoms with Crippen molar-refractivity contribution in [3.8, 4) is 5.75 Å². The molecular weight excluding hydrogens is 550 g/mol. The largest absolute Gasteiger partial charge is 0.497 e. The maximum Gasteiger partial charge on any atom is 0.253 e. The van der Waals surface area contributed by atoms with Crippen molar-refractivity contribution in [2.24, 2.45) is 0 Å². The molecule has 0 saturated carbocycles. The summed E-state index contributed by atoms with van der Waals surface area (Å²) in [6.45, 7) is 11.2. The molecule has 0 radical (unpaired) electrons. The lowest BCUT2D eigenvalue weighted by molar-refractivity contribution is 0.0791. The van der Waals surface area contributed by atoms with Gasteiger partial charge in [0, 0.05) is 80.6 Å². The van der Waals surface area contributed by atoms with E-state index in [0.717, 1.165) is 81.7 Å². The van der Waals surface area contributed by atoms with Crippen LogP contribution in [0.1, 0.15) is 76.4 Å². The molecule has 1 atom stereocenters. The molecular formula is C36H47N5O3. The zero-order chi connectivity index (χ0) is 31.1. The predicted molar refractivity (Wildman–Crippen MR) is 175 cm³/mol. The number of benzene rings is 2. The lowest BCUT2D eigenvalue weighted by atomic mass is 9.97. The Balaban J connectivity index is 1.13. The van der Waals surface area contributed by atoms with Crippen LogP contribution in [0.5, 0.6) is 5.75 Å². The molecule has 2 aliphatic heterocycles. The van der Waals surface area contributed by atoms with Gasteiger partial charge in [-0.3, -0.25) is 14.6 Å². The monoisotopic (exact) mass is 597 g/mol. The molecule has 1 N–H and O–H groups in total. The molecule has 2 fully saturated rings. The molecule has 0 aliphatic carbocycles. The van der Waals surface area contributed by atoms with Crippen LogP contribution in [0.15, 0.2) is 60.9 Å². The Kier molecular flexibility index (Phi) is 10.5. The van der Waals surface area contributed by atoms with E-state index in [-0.39, 0.29) is 11.8 Å². The van der Waals surface area contributed by atoms with Gasteiger partial charge in [0.2, 0.25) is 0 Å². The van der Waals surface area contributed by atoms with Gasteiger partial charge in [0.05, 0.1) is 7.11 Å². The summed E-state index contributed by atoms with van der Waals surface area (Å²) in [6.07, 6.45) is 8.93. The first kappa shape index (κ1) is 31.5. The maximum absolute atomic E-state index is 13.2. The fraction of sp³-hybridized carbons (Fsp3) is 0.472. The first-order valence-corrected chi connectivity index (χ1v) is 16.1. The Labute approximate surface area is 262 Å². The third-order valence-corrected chi connectivity index (χ3v) is 9.29. The van der Waals surface area contributed by atoms with E-state index in [1.165, 1.54) is 11.3 Å². The van der Waals surface area contributed by atoms with E-state index in [0.29, 0.717) is 29.8 Å². The van der Waals surface area contributed by atoms with Crippen molar-refractivity contribution in [3.05, 3.63) is 88.7 Å². The minimum Gasteiger partial charge on any atom is -0.497 e. The number of pyridine rings is 1. The van der Waals surface area contributed by atoms with E-state index in [2.05, 4.69) is 45.2 Å². The van der Waals surface area contributed by atoms with E-state index >= 15 is 0 Å². The predicted octanol–water partition coefficient (Wildman–Crippen LogP) is 5.62. The summed E-state index contributed by atoms with van der Waals surface area (Å²) >= 11 is 0. The molecule has 3 aromatic rings. The number of piperidine rings is 1. The number of amides is 2. The van der Waals surface area contributed by atoms with Crippen LogP contribution in [0.3, 0.4) is 0 Å². The summed E-state index contributed by atoms with van der Waals surface area (Å²) in [7, 11) is 1.70. The fourth-order valence-corrected chi connectivity index (χ4v) is 6.75. The van der Waals surface area contributed by atoms with Gasteiger partial charge in [0.25, 0.3) is 11.8 Å². The number of anilines is 1. The zero-order valence-electron chi connectivity index (χ0n) is 26.7. The first-order chi connectivity index (χ1) is 21.3. The van der Waals surface area contributed by atoms with Crippen molar-refractivity contribution in [1.29, 1.82) is 0 Å². The van der Waals surface area contributed by atoms with Gasteiger partial charge in [-0.2, -0.15) is 0 Å². The molecule has 2 amide bonds. The number of methoxy groups -OCH3 is 1. The van der Waals surface area contributed by atoms with Crippen LogP contribution in [0, 0.1) is 13.8 Å². The van der Waals surface area contributed by atoms with Crippen molar-refractivity contribution < 1.29 is 14.3 Å². The highest BCUT2D eigenvalue weighted by Gasteiger charge is 2.28. The number of hydrogen-bond acceptors (Lipinski definition) is 6. The van der Waals surface area contributed by atoms with Crippen LogP contribution in [0.25, 0.3) is 0 Å². The number of aromatic nitrogens is 1. The fourth-order valence-electron chi connectivity index (χ4n) is 6.75. The number of nitrogens with zero attached hydrogens (tertiary/aromatic N) is 4. The zero-order valence-corrected chi connectivity index (χ0v) is 26.7. The van der Waals surface area contributed by atoms with Crippen LogP contribution in [0.2, 0.25) is 0 Å². The van der Waals surface area contributed by atoms with Gasteiger partial charge < -0.3 is 24.8 Å². The van der Waals surface area contributed by atoms with Crippen molar-refractivity contribution in [3.63, 3.8) is 0 Å². The quantitative estimate of drug-likeness (QED) is 0.309. The highest BCUT2D eigenvalue weighted by atomic mass is 16.5. The Bertz CT molecular complexity index is 1370. The van der Waals surface area contributed by atoms with Gasteiger partial charge in [0.15, 0.2) is 0 Å². The average molecular weight is 598 g/mol. The van der Waals surface area contributed by atoms with Gasteiger partial charge in [0.1, 0.15) is 5.75 Å². The molecule has 8 heteroatoms. The summed E-state index contributed by atoms with van der Waals surface area (Å²) in [5, 5.41) is 3.15. The molecule has 0 spiro atoms. The second kappa shape index (κ2) is 14.7. The van der Waals surface area contributed by atoms with Crippen LogP contribution in [-0.2, 0) is 6.54 Å². The number of carbonyl (C=O) groups is 2. The molecule has 2 aromatic carbocycles. The Hall–Kier alpha value is -3.91. The Morgan fingerprint density at radius 2 is 1.70 bits per heavy atom. The second-order valence-corrected chi connectivity index (χ2v) is 12.3. The molecule has 1 aromatic heterocycles. The molecule has 2 aliphatic rings. The maximum atomic E-state index is 13.2. The topological polar surface area (TPSA) is 78.0 Å². The molecule has 44 heavy (non-hydrogen) atoms. The minimum absolute atomic E-state index is 0.0587. The summed E-state index contributed by atoms with van der Waals surface area (Å²) in [5.74, 6) is 0.875. The summed E-state index contributed by atoms with van der Waals surface area (Å²) in [5.41, 5.74) is 5.47. The normalized spacial score (nSPS) is 16.5. The van der Waals surface area contributed by atoms with Crippen molar-refractivity contribution in [2.75, 3.05) is 44.7 Å². The number of ether oxygens (including phenoxy) is 1. The third-order valence-electron chi connectivity index (χ3n) is 9.29. The van der Waals surface area contributed by atoms with Crippen LogP contribution >= 0.6 is 0 Å². The summed E-state index contributed by atoms with van der Waals surface area (Å²) in [4.78, 5) is 37.4. The summed E-state index contributed by atoms with van der Waals surface area (Å²) in [6, 6.07) is 17.0. The lowest BCUT2D eigenvalue weighted by Crippen LogP contribution is -2.48. The number of hydrogen-bond donors (Lipinski definition) is 1. The van der Waals surface area contributed by atoms with Gasteiger partial charge in [-0.05, 0) is 112 Å². The van der Waals surface area contributed by atoms with Gasteiger partial charge >= 0.3 is 0 Å². The van der Waals surface area contributed by atoms with E-state index < -0.39 is 0 Å². The number of nitrogens with one attached hydrogen (secondary N) is 1. The van der Waals surface area contributed by atoms with Crippen LogP contribution < -0.4 is 15.0 Å². The molecule has 1 unspecified atom stereocenters. The molecule has 5 rings (SSSR count). The van der Waals surface area contributed by atoms with E-state index in [1.54, 1.807) is 7.11 Å². The number of aryl methyl sites for hydroxylation is 2. The van der Waals surface area contributed by atoms with Crippen molar-refractivity contribution >= 4 is 17.5 Å². The first-order valence-electron chi connectivity index (χ1n) is 16.1. The SMILES string of the molecule is COc1ccc(N(Cc2cccnc2)C2CCN(C(C)CCNC(=O)c3c(C)cc(C(=O)N4CCCC4)cc3C)CC2)cc1. The van der Waals surface area contributed by atoms with Crippen LogP contribution in [0.4, 0.5) is 5.69 Å². The smallest absolute Gasteiger partial charge is 0.253 e. The number of likely N-dealkylation sites (tertiary alicyclic amines) is 2. The van der Waals surface area contributed by atoms with Gasteiger partial charge in [-0.15, -0.1) is 0 Å². The average Bonchev–Trinajstić information content (AvgIpc) is 3.59. The molecule has 3 heterocycles. The molecule has 0 bridgehead atoms. The van der Waals surface area contributed by atoms with E-state index in [1.807, 2.05) is 61.5 Å². The van der Waals surface area contributed by atoms with E-state index in [9.17, 15) is 9.59 Å². The number of rotatable bonds is 11. The Morgan fingerprint density at radius 1 is 1.02 bits per heavy atom. The van der Waals surface area contributed by atoms with Gasteiger partial charge in [-0.25, -0.2) is 0 Å². The van der Waals surface area contributed by atoms with E-state index in [4.69, 9.17) is 4.74 Å². The Morgan fingerprint density at radius 3 is 2.32 bits per heavy atom. The summed E-state index contributed by atoms with van der Waals surface area (Å²) < 4.78 is 5.39. The molecule has 234 valence electrons. The molecule has 2 saturated heterocycles.